The van der Waals surface area contributed by atoms with Gasteiger partial charge in [-0.05, 0) is 27.7 Å². The van der Waals surface area contributed by atoms with Crippen LogP contribution in [0.3, 0.4) is 0 Å². The first-order chi connectivity index (χ1) is 7.69. The first-order valence-electron chi connectivity index (χ1n) is 5.30. The first kappa shape index (κ1) is 13.3. The first-order valence-corrected chi connectivity index (χ1v) is 5.30. The lowest BCUT2D eigenvalue weighted by atomic mass is 10.1. The summed E-state index contributed by atoms with van der Waals surface area (Å²) >= 11 is 0. The van der Waals surface area contributed by atoms with E-state index in [1.807, 2.05) is 0 Å². The highest BCUT2D eigenvalue weighted by molar-refractivity contribution is 6.04. The van der Waals surface area contributed by atoms with E-state index >= 15 is 0 Å². The number of imide groups is 1. The normalized spacial score (nSPS) is 21.5. The molecule has 96 valence electrons. The summed E-state index contributed by atoms with van der Waals surface area (Å²) in [5.74, 6) is -0.460. The van der Waals surface area contributed by atoms with Crippen molar-refractivity contribution in [1.82, 2.24) is 16.0 Å². The van der Waals surface area contributed by atoms with Crippen molar-refractivity contribution in [2.24, 2.45) is 0 Å². The molecule has 0 aromatic rings. The van der Waals surface area contributed by atoms with Crippen LogP contribution in [-0.4, -0.2) is 35.7 Å². The number of carbonyl (C=O) groups is 3. The van der Waals surface area contributed by atoms with Crippen LogP contribution in [0, 0.1) is 0 Å². The Morgan fingerprint density at radius 3 is 2.41 bits per heavy atom. The maximum Gasteiger partial charge on any atom is 0.407 e. The van der Waals surface area contributed by atoms with Crippen molar-refractivity contribution < 1.29 is 19.1 Å². The van der Waals surface area contributed by atoms with Gasteiger partial charge >= 0.3 is 12.1 Å². The van der Waals surface area contributed by atoms with E-state index in [0.717, 1.165) is 0 Å². The van der Waals surface area contributed by atoms with Crippen molar-refractivity contribution >= 4 is 18.0 Å². The molecule has 2 atom stereocenters. The summed E-state index contributed by atoms with van der Waals surface area (Å²) in [7, 11) is 0. The molecule has 0 bridgehead atoms. The van der Waals surface area contributed by atoms with Crippen LogP contribution in [0.1, 0.15) is 27.7 Å². The maximum atomic E-state index is 11.4. The third kappa shape index (κ3) is 3.93. The molecule has 17 heavy (non-hydrogen) atoms. The van der Waals surface area contributed by atoms with Crippen LogP contribution < -0.4 is 16.0 Å². The molecule has 0 unspecified atom stereocenters. The second-order valence-electron chi connectivity index (χ2n) is 4.88. The van der Waals surface area contributed by atoms with E-state index in [0.29, 0.717) is 0 Å². The molecule has 0 aliphatic carbocycles. The average Bonchev–Trinajstić information content (AvgIpc) is 2.41. The predicted molar refractivity (Wildman–Crippen MR) is 59.3 cm³/mol. The highest BCUT2D eigenvalue weighted by Crippen LogP contribution is 2.07. The van der Waals surface area contributed by atoms with Crippen LogP contribution >= 0.6 is 0 Å². The highest BCUT2D eigenvalue weighted by atomic mass is 16.6. The van der Waals surface area contributed by atoms with Gasteiger partial charge in [0.05, 0.1) is 6.04 Å². The minimum Gasteiger partial charge on any atom is -0.444 e. The number of urea groups is 1. The lowest BCUT2D eigenvalue weighted by Crippen LogP contribution is -2.50. The Balaban J connectivity index is 2.49. The Morgan fingerprint density at radius 1 is 1.41 bits per heavy atom. The third-order valence-electron chi connectivity index (χ3n) is 2.05. The fourth-order valence-corrected chi connectivity index (χ4v) is 1.36. The van der Waals surface area contributed by atoms with E-state index in [1.165, 1.54) is 0 Å². The minimum atomic E-state index is -0.769. The molecule has 0 spiro atoms. The van der Waals surface area contributed by atoms with Crippen molar-refractivity contribution in [3.63, 3.8) is 0 Å². The van der Waals surface area contributed by atoms with Gasteiger partial charge in [-0.3, -0.25) is 10.1 Å². The molecule has 1 saturated heterocycles. The number of carbonyl (C=O) groups excluding carboxylic acids is 3. The largest absolute Gasteiger partial charge is 0.444 e. The van der Waals surface area contributed by atoms with Crippen LogP contribution in [-0.2, 0) is 9.53 Å². The average molecular weight is 243 g/mol. The van der Waals surface area contributed by atoms with Crippen LogP contribution in [0.5, 0.6) is 0 Å². The summed E-state index contributed by atoms with van der Waals surface area (Å²) in [5.41, 5.74) is -0.606. The summed E-state index contributed by atoms with van der Waals surface area (Å²) in [6.45, 7) is 6.82. The molecule has 7 heteroatoms. The van der Waals surface area contributed by atoms with Crippen molar-refractivity contribution in [2.75, 3.05) is 0 Å². The molecule has 1 heterocycles. The van der Waals surface area contributed by atoms with Gasteiger partial charge in [-0.2, -0.15) is 0 Å². The van der Waals surface area contributed by atoms with E-state index in [4.69, 9.17) is 4.74 Å². The fourth-order valence-electron chi connectivity index (χ4n) is 1.36. The summed E-state index contributed by atoms with van der Waals surface area (Å²) < 4.78 is 5.04. The van der Waals surface area contributed by atoms with E-state index in [-0.39, 0.29) is 0 Å². The van der Waals surface area contributed by atoms with Gasteiger partial charge in [-0.1, -0.05) is 0 Å². The number of amides is 4. The van der Waals surface area contributed by atoms with Crippen molar-refractivity contribution in [3.8, 4) is 0 Å². The van der Waals surface area contributed by atoms with Gasteiger partial charge in [0.2, 0.25) is 0 Å². The maximum absolute atomic E-state index is 11.4. The van der Waals surface area contributed by atoms with Crippen LogP contribution in [0.2, 0.25) is 0 Å². The molecule has 1 rings (SSSR count). The molecule has 0 saturated carbocycles. The van der Waals surface area contributed by atoms with Gasteiger partial charge in [0.1, 0.15) is 11.6 Å². The summed E-state index contributed by atoms with van der Waals surface area (Å²) in [6.07, 6.45) is -0.626. The number of ether oxygens (including phenoxy) is 1. The van der Waals surface area contributed by atoms with Gasteiger partial charge in [0, 0.05) is 0 Å². The van der Waals surface area contributed by atoms with Gasteiger partial charge in [-0.15, -0.1) is 0 Å². The van der Waals surface area contributed by atoms with Gasteiger partial charge in [0.15, 0.2) is 0 Å². The Labute approximate surface area is 99.3 Å². The van der Waals surface area contributed by atoms with Gasteiger partial charge in [0.25, 0.3) is 5.91 Å². The predicted octanol–water partition coefficient (Wildman–Crippen LogP) is 0.108. The van der Waals surface area contributed by atoms with Crippen molar-refractivity contribution in [2.45, 2.75) is 45.4 Å². The van der Waals surface area contributed by atoms with Crippen LogP contribution in [0.25, 0.3) is 0 Å². The standard InChI is InChI=1S/C10H17N3O4/c1-5(6-7(14)13-8(15)12-6)11-9(16)17-10(2,3)4/h5-6H,1-4H3,(H,11,16)(H2,12,13,14,15)/t5-,6+/m1/s1. The summed E-state index contributed by atoms with van der Waals surface area (Å²) in [6, 6.07) is -1.87. The second kappa shape index (κ2) is 4.60. The monoisotopic (exact) mass is 243 g/mol. The quantitative estimate of drug-likeness (QED) is 0.599. The zero-order valence-corrected chi connectivity index (χ0v) is 10.3. The van der Waals surface area contributed by atoms with Crippen molar-refractivity contribution in [3.05, 3.63) is 0 Å². The Bertz CT molecular complexity index is 348. The van der Waals surface area contributed by atoms with Crippen LogP contribution in [0.15, 0.2) is 0 Å². The number of hydrogen-bond acceptors (Lipinski definition) is 4. The number of rotatable bonds is 2. The molecule has 1 aliphatic heterocycles. The fraction of sp³-hybridized carbons (Fsp3) is 0.700. The van der Waals surface area contributed by atoms with Gasteiger partial charge < -0.3 is 15.4 Å². The van der Waals surface area contributed by atoms with Crippen molar-refractivity contribution in [1.29, 1.82) is 0 Å². The second-order valence-corrected chi connectivity index (χ2v) is 4.88. The number of hydrogen-bond donors (Lipinski definition) is 3. The number of alkyl carbamates (subject to hydrolysis) is 1. The molecule has 4 amide bonds. The molecular weight excluding hydrogens is 226 g/mol. The third-order valence-corrected chi connectivity index (χ3v) is 2.05. The zero-order valence-electron chi connectivity index (χ0n) is 10.3. The smallest absolute Gasteiger partial charge is 0.407 e. The molecule has 0 aromatic heterocycles. The SMILES string of the molecule is C[C@@H](NC(=O)OC(C)(C)C)[C@@H]1NC(=O)NC1=O. The lowest BCUT2D eigenvalue weighted by Gasteiger charge is -2.23. The Morgan fingerprint density at radius 2 is 2.00 bits per heavy atom. The van der Waals surface area contributed by atoms with Gasteiger partial charge in [-0.25, -0.2) is 9.59 Å². The molecular formula is C10H17N3O4. The molecule has 3 N–H and O–H groups in total. The molecule has 1 aliphatic rings. The Hall–Kier alpha value is -1.79. The molecule has 0 radical (unpaired) electrons. The van der Waals surface area contributed by atoms with E-state index in [9.17, 15) is 14.4 Å². The molecule has 0 aromatic carbocycles. The lowest BCUT2D eigenvalue weighted by molar-refractivity contribution is -0.120. The summed E-state index contributed by atoms with van der Waals surface area (Å²) in [4.78, 5) is 33.6. The van der Waals surface area contributed by atoms with E-state index in [2.05, 4.69) is 16.0 Å². The van der Waals surface area contributed by atoms with E-state index in [1.54, 1.807) is 27.7 Å². The van der Waals surface area contributed by atoms with Crippen LogP contribution in [0.4, 0.5) is 9.59 Å². The topological polar surface area (TPSA) is 96.5 Å². The van der Waals surface area contributed by atoms with E-state index < -0.39 is 35.7 Å². The molecule has 1 fully saturated rings. The number of nitrogens with one attached hydrogen (secondary N) is 3. The highest BCUT2D eigenvalue weighted by Gasteiger charge is 2.35. The zero-order chi connectivity index (χ0) is 13.2. The Kier molecular flexibility index (Phi) is 3.59. The molecule has 7 nitrogen and oxygen atoms in total. The summed E-state index contributed by atoms with van der Waals surface area (Å²) in [5, 5.41) is 6.98. The minimum absolute atomic E-state index is 0.460.